The Hall–Kier alpha value is -0.380. The predicted octanol–water partition coefficient (Wildman–Crippen LogP) is 2.19. The van der Waals surface area contributed by atoms with Gasteiger partial charge in [0.1, 0.15) is 0 Å². The third kappa shape index (κ3) is 2.30. The molecule has 0 spiro atoms. The highest BCUT2D eigenvalue weighted by Crippen LogP contribution is 2.24. The van der Waals surface area contributed by atoms with Crippen LogP contribution in [0.4, 0.5) is 0 Å². The summed E-state index contributed by atoms with van der Waals surface area (Å²) < 4.78 is 5.90. The number of rotatable bonds is 3. The van der Waals surface area contributed by atoms with Crippen molar-refractivity contribution in [1.29, 1.82) is 0 Å². The van der Waals surface area contributed by atoms with Gasteiger partial charge < -0.3 is 10.1 Å². The number of nitrogens with one attached hydrogen (secondary N) is 1. The van der Waals surface area contributed by atoms with Crippen molar-refractivity contribution in [3.63, 3.8) is 0 Å². The van der Waals surface area contributed by atoms with Crippen molar-refractivity contribution < 1.29 is 4.74 Å². The molecule has 2 heterocycles. The van der Waals surface area contributed by atoms with Crippen molar-refractivity contribution in [2.45, 2.75) is 25.6 Å². The zero-order valence-corrected chi connectivity index (χ0v) is 8.64. The minimum Gasteiger partial charge on any atom is -0.368 e. The van der Waals surface area contributed by atoms with Crippen molar-refractivity contribution in [1.82, 2.24) is 5.32 Å². The van der Waals surface area contributed by atoms with Crippen LogP contribution in [0, 0.1) is 0 Å². The zero-order chi connectivity index (χ0) is 9.10. The van der Waals surface area contributed by atoms with Crippen LogP contribution in [0.1, 0.15) is 24.3 Å². The van der Waals surface area contributed by atoms with E-state index in [0.29, 0.717) is 6.10 Å². The van der Waals surface area contributed by atoms with E-state index in [1.807, 2.05) is 0 Å². The molecule has 0 bridgehead atoms. The minimum absolute atomic E-state index is 0.255. The first-order valence-corrected chi connectivity index (χ1v) is 5.64. The Morgan fingerprint density at radius 1 is 1.69 bits per heavy atom. The summed E-state index contributed by atoms with van der Waals surface area (Å²) in [7, 11) is 0. The zero-order valence-electron chi connectivity index (χ0n) is 7.82. The smallest absolute Gasteiger partial charge is 0.0893 e. The molecular weight excluding hydrogens is 182 g/mol. The lowest BCUT2D eigenvalue weighted by Crippen LogP contribution is -2.18. The normalized spacial score (nSPS) is 24.8. The van der Waals surface area contributed by atoms with E-state index in [-0.39, 0.29) is 6.10 Å². The summed E-state index contributed by atoms with van der Waals surface area (Å²) in [6.07, 6.45) is 1.82. The van der Waals surface area contributed by atoms with Gasteiger partial charge in [-0.3, -0.25) is 0 Å². The Morgan fingerprint density at radius 2 is 2.62 bits per heavy atom. The first kappa shape index (κ1) is 9.19. The molecule has 13 heavy (non-hydrogen) atoms. The molecule has 0 aromatic carbocycles. The summed E-state index contributed by atoms with van der Waals surface area (Å²) >= 11 is 1.77. The highest BCUT2D eigenvalue weighted by Gasteiger charge is 2.18. The van der Waals surface area contributed by atoms with E-state index in [9.17, 15) is 0 Å². The van der Waals surface area contributed by atoms with Crippen molar-refractivity contribution in [3.05, 3.63) is 22.4 Å². The van der Waals surface area contributed by atoms with E-state index >= 15 is 0 Å². The molecule has 0 saturated carbocycles. The van der Waals surface area contributed by atoms with Gasteiger partial charge in [-0.05, 0) is 31.3 Å². The van der Waals surface area contributed by atoms with Crippen molar-refractivity contribution in [2.75, 3.05) is 13.1 Å². The monoisotopic (exact) mass is 197 g/mol. The Balaban J connectivity index is 1.87. The second-order valence-electron chi connectivity index (χ2n) is 3.41. The van der Waals surface area contributed by atoms with Crippen LogP contribution in [0.15, 0.2) is 17.5 Å². The Kier molecular flexibility index (Phi) is 2.98. The second kappa shape index (κ2) is 4.22. The highest BCUT2D eigenvalue weighted by atomic mass is 32.1. The van der Waals surface area contributed by atoms with Crippen LogP contribution in [0.3, 0.4) is 0 Å². The summed E-state index contributed by atoms with van der Waals surface area (Å²) in [5.41, 5.74) is 0. The van der Waals surface area contributed by atoms with Crippen LogP contribution >= 0.6 is 11.3 Å². The molecule has 0 unspecified atom stereocenters. The SMILES string of the molecule is C[C@H](O[C@@H]1CCNC1)c1cccs1. The molecule has 1 aliphatic rings. The van der Waals surface area contributed by atoms with Crippen molar-refractivity contribution in [2.24, 2.45) is 0 Å². The maximum Gasteiger partial charge on any atom is 0.0893 e. The van der Waals surface area contributed by atoms with E-state index in [2.05, 4.69) is 29.8 Å². The largest absolute Gasteiger partial charge is 0.368 e. The summed E-state index contributed by atoms with van der Waals surface area (Å²) in [5, 5.41) is 5.40. The fourth-order valence-corrected chi connectivity index (χ4v) is 2.34. The maximum atomic E-state index is 5.90. The minimum atomic E-state index is 0.255. The van der Waals surface area contributed by atoms with Crippen molar-refractivity contribution >= 4 is 11.3 Å². The van der Waals surface area contributed by atoms with Gasteiger partial charge in [-0.25, -0.2) is 0 Å². The molecule has 0 aliphatic carbocycles. The van der Waals surface area contributed by atoms with Gasteiger partial charge in [0, 0.05) is 11.4 Å². The number of hydrogen-bond donors (Lipinski definition) is 1. The first-order chi connectivity index (χ1) is 6.36. The Labute approximate surface area is 82.9 Å². The standard InChI is InChI=1S/C10H15NOS/c1-8(10-3-2-6-13-10)12-9-4-5-11-7-9/h2-3,6,8-9,11H,4-5,7H2,1H3/t8-,9+/m0/s1. The summed E-state index contributed by atoms with van der Waals surface area (Å²) in [5.74, 6) is 0. The van der Waals surface area contributed by atoms with Crippen LogP contribution in [-0.4, -0.2) is 19.2 Å². The quantitative estimate of drug-likeness (QED) is 0.802. The molecule has 1 aromatic heterocycles. The van der Waals surface area contributed by atoms with Gasteiger partial charge in [0.15, 0.2) is 0 Å². The van der Waals surface area contributed by atoms with Gasteiger partial charge in [0.2, 0.25) is 0 Å². The number of hydrogen-bond acceptors (Lipinski definition) is 3. The van der Waals surface area contributed by atoms with Gasteiger partial charge in [-0.15, -0.1) is 11.3 Å². The molecule has 0 amide bonds. The van der Waals surface area contributed by atoms with Crippen LogP contribution in [-0.2, 0) is 4.74 Å². The molecule has 1 aliphatic heterocycles. The third-order valence-electron chi connectivity index (χ3n) is 2.36. The van der Waals surface area contributed by atoms with E-state index in [1.165, 1.54) is 4.88 Å². The fourth-order valence-electron chi connectivity index (χ4n) is 1.62. The van der Waals surface area contributed by atoms with E-state index in [1.54, 1.807) is 11.3 Å². The summed E-state index contributed by atoms with van der Waals surface area (Å²) in [6.45, 7) is 4.24. The lowest BCUT2D eigenvalue weighted by atomic mass is 10.3. The maximum absolute atomic E-state index is 5.90. The summed E-state index contributed by atoms with van der Waals surface area (Å²) in [6, 6.07) is 4.21. The van der Waals surface area contributed by atoms with Gasteiger partial charge in [0.05, 0.1) is 12.2 Å². The van der Waals surface area contributed by atoms with Gasteiger partial charge in [-0.1, -0.05) is 6.07 Å². The van der Waals surface area contributed by atoms with Crippen LogP contribution < -0.4 is 5.32 Å². The van der Waals surface area contributed by atoms with Gasteiger partial charge in [0.25, 0.3) is 0 Å². The van der Waals surface area contributed by atoms with Gasteiger partial charge in [-0.2, -0.15) is 0 Å². The van der Waals surface area contributed by atoms with E-state index in [0.717, 1.165) is 19.5 Å². The number of ether oxygens (including phenoxy) is 1. The molecule has 1 saturated heterocycles. The highest BCUT2D eigenvalue weighted by molar-refractivity contribution is 7.10. The molecular formula is C10H15NOS. The number of thiophene rings is 1. The lowest BCUT2D eigenvalue weighted by molar-refractivity contribution is 0.0102. The fraction of sp³-hybridized carbons (Fsp3) is 0.600. The molecule has 1 fully saturated rings. The molecule has 1 N–H and O–H groups in total. The van der Waals surface area contributed by atoms with Crippen LogP contribution in [0.2, 0.25) is 0 Å². The predicted molar refractivity (Wildman–Crippen MR) is 55.1 cm³/mol. The van der Waals surface area contributed by atoms with Gasteiger partial charge >= 0.3 is 0 Å². The first-order valence-electron chi connectivity index (χ1n) is 4.76. The van der Waals surface area contributed by atoms with E-state index < -0.39 is 0 Å². The van der Waals surface area contributed by atoms with Crippen molar-refractivity contribution in [3.8, 4) is 0 Å². The summed E-state index contributed by atoms with van der Waals surface area (Å²) in [4.78, 5) is 1.33. The molecule has 2 rings (SSSR count). The Bertz CT molecular complexity index is 241. The van der Waals surface area contributed by atoms with Crippen LogP contribution in [0.5, 0.6) is 0 Å². The molecule has 72 valence electrons. The average Bonchev–Trinajstić information content (AvgIpc) is 2.74. The third-order valence-corrected chi connectivity index (χ3v) is 3.39. The van der Waals surface area contributed by atoms with E-state index in [4.69, 9.17) is 4.74 Å². The Morgan fingerprint density at radius 3 is 3.23 bits per heavy atom. The molecule has 2 atom stereocenters. The second-order valence-corrected chi connectivity index (χ2v) is 4.39. The topological polar surface area (TPSA) is 21.3 Å². The lowest BCUT2D eigenvalue weighted by Gasteiger charge is -2.16. The average molecular weight is 197 g/mol. The molecule has 0 radical (unpaired) electrons. The molecule has 3 heteroatoms. The van der Waals surface area contributed by atoms with Crippen LogP contribution in [0.25, 0.3) is 0 Å². The molecule has 1 aromatic rings. The molecule has 2 nitrogen and oxygen atoms in total.